The summed E-state index contributed by atoms with van der Waals surface area (Å²) in [5, 5.41) is 8.80. The fraction of sp³-hybridized carbons (Fsp3) is 0.933. The summed E-state index contributed by atoms with van der Waals surface area (Å²) in [4.78, 5) is 13.4. The average molecular weight is 251 g/mol. The molecule has 0 bridgehead atoms. The lowest BCUT2D eigenvalue weighted by Crippen LogP contribution is -2.45. The van der Waals surface area contributed by atoms with Gasteiger partial charge >= 0.3 is 5.97 Å². The van der Waals surface area contributed by atoms with Gasteiger partial charge in [0, 0.05) is 19.0 Å². The molecule has 2 aliphatic carbocycles. The quantitative estimate of drug-likeness (QED) is 0.789. The van der Waals surface area contributed by atoms with E-state index in [4.69, 9.17) is 5.11 Å². The van der Waals surface area contributed by atoms with E-state index < -0.39 is 5.97 Å². The summed E-state index contributed by atoms with van der Waals surface area (Å²) < 4.78 is 0. The summed E-state index contributed by atoms with van der Waals surface area (Å²) >= 11 is 0. The molecular formula is C15H25NO2. The number of hydrogen-bond acceptors (Lipinski definition) is 2. The first kappa shape index (κ1) is 12.5. The van der Waals surface area contributed by atoms with E-state index in [-0.39, 0.29) is 0 Å². The van der Waals surface area contributed by atoms with Gasteiger partial charge in [-0.15, -0.1) is 0 Å². The van der Waals surface area contributed by atoms with E-state index in [1.165, 1.54) is 51.6 Å². The summed E-state index contributed by atoms with van der Waals surface area (Å²) in [6.07, 6.45) is 9.53. The third kappa shape index (κ3) is 3.05. The second-order valence-electron chi connectivity index (χ2n) is 6.60. The highest BCUT2D eigenvalue weighted by Gasteiger charge is 2.45. The highest BCUT2D eigenvalue weighted by atomic mass is 16.4. The maximum atomic E-state index is 10.7. The van der Waals surface area contributed by atoms with Gasteiger partial charge in [-0.2, -0.15) is 0 Å². The molecule has 0 aromatic heterocycles. The Labute approximate surface area is 110 Å². The lowest BCUT2D eigenvalue weighted by Gasteiger charge is -2.39. The monoisotopic (exact) mass is 251 g/mol. The Balaban J connectivity index is 1.53. The molecule has 3 heteroatoms. The standard InChI is InChI=1S/C15H25NO2/c17-14(18)8-3-11-2-1-9-16(10-11)15(12-4-5-12)13-6-7-13/h11-13,15H,1-10H2,(H,17,18). The Morgan fingerprint density at radius 1 is 1.17 bits per heavy atom. The van der Waals surface area contributed by atoms with Crippen molar-refractivity contribution in [3.8, 4) is 0 Å². The Morgan fingerprint density at radius 3 is 2.39 bits per heavy atom. The van der Waals surface area contributed by atoms with E-state index in [0.717, 1.165) is 24.3 Å². The van der Waals surface area contributed by atoms with Crippen LogP contribution in [0.2, 0.25) is 0 Å². The van der Waals surface area contributed by atoms with Crippen molar-refractivity contribution in [1.29, 1.82) is 0 Å². The van der Waals surface area contributed by atoms with E-state index in [9.17, 15) is 4.79 Å². The van der Waals surface area contributed by atoms with E-state index in [2.05, 4.69) is 4.90 Å². The zero-order chi connectivity index (χ0) is 12.5. The molecule has 0 aromatic carbocycles. The topological polar surface area (TPSA) is 40.5 Å². The maximum absolute atomic E-state index is 10.7. The summed E-state index contributed by atoms with van der Waals surface area (Å²) in [6, 6.07) is 0.859. The molecule has 2 saturated carbocycles. The van der Waals surface area contributed by atoms with Crippen LogP contribution in [0.15, 0.2) is 0 Å². The summed E-state index contributed by atoms with van der Waals surface area (Å²) in [5.41, 5.74) is 0. The molecule has 3 nitrogen and oxygen atoms in total. The number of rotatable bonds is 6. The molecule has 1 N–H and O–H groups in total. The number of carboxylic acids is 1. The van der Waals surface area contributed by atoms with Crippen molar-refractivity contribution in [2.24, 2.45) is 17.8 Å². The van der Waals surface area contributed by atoms with Crippen LogP contribution in [-0.4, -0.2) is 35.1 Å². The van der Waals surface area contributed by atoms with E-state index in [1.54, 1.807) is 0 Å². The van der Waals surface area contributed by atoms with Gasteiger partial charge in [0.15, 0.2) is 0 Å². The van der Waals surface area contributed by atoms with Gasteiger partial charge in [0.05, 0.1) is 0 Å². The number of likely N-dealkylation sites (tertiary alicyclic amines) is 1. The molecule has 1 saturated heterocycles. The maximum Gasteiger partial charge on any atom is 0.303 e. The first-order valence-electron chi connectivity index (χ1n) is 7.70. The number of carbonyl (C=O) groups is 1. The highest BCUT2D eigenvalue weighted by molar-refractivity contribution is 5.66. The Kier molecular flexibility index (Phi) is 3.60. The van der Waals surface area contributed by atoms with Gasteiger partial charge in [-0.3, -0.25) is 9.69 Å². The summed E-state index contributed by atoms with van der Waals surface area (Å²) in [6.45, 7) is 2.44. The second-order valence-corrected chi connectivity index (χ2v) is 6.60. The molecule has 3 aliphatic rings. The van der Waals surface area contributed by atoms with Crippen molar-refractivity contribution in [3.63, 3.8) is 0 Å². The molecule has 0 amide bonds. The van der Waals surface area contributed by atoms with Crippen LogP contribution < -0.4 is 0 Å². The Morgan fingerprint density at radius 2 is 1.83 bits per heavy atom. The Bertz CT molecular complexity index is 298. The predicted molar refractivity (Wildman–Crippen MR) is 70.4 cm³/mol. The van der Waals surface area contributed by atoms with Gasteiger partial charge in [-0.25, -0.2) is 0 Å². The minimum Gasteiger partial charge on any atom is -0.481 e. The molecule has 3 rings (SSSR count). The SMILES string of the molecule is O=C(O)CCC1CCCN(C(C2CC2)C2CC2)C1. The van der Waals surface area contributed by atoms with Crippen LogP contribution >= 0.6 is 0 Å². The molecule has 1 aliphatic heterocycles. The smallest absolute Gasteiger partial charge is 0.303 e. The highest BCUT2D eigenvalue weighted by Crippen LogP contribution is 2.48. The fourth-order valence-corrected chi connectivity index (χ4v) is 3.79. The van der Waals surface area contributed by atoms with Crippen molar-refractivity contribution in [3.05, 3.63) is 0 Å². The minimum absolute atomic E-state index is 0.357. The Hall–Kier alpha value is -0.570. The summed E-state index contributed by atoms with van der Waals surface area (Å²) in [5.74, 6) is 1.97. The van der Waals surface area contributed by atoms with Crippen LogP contribution in [0.1, 0.15) is 51.4 Å². The molecular weight excluding hydrogens is 226 g/mol. The van der Waals surface area contributed by atoms with Crippen molar-refractivity contribution in [1.82, 2.24) is 4.90 Å². The fourth-order valence-electron chi connectivity index (χ4n) is 3.79. The number of nitrogens with zero attached hydrogens (tertiary/aromatic N) is 1. The van der Waals surface area contributed by atoms with Crippen LogP contribution in [0.25, 0.3) is 0 Å². The third-order valence-corrected chi connectivity index (χ3v) is 4.95. The van der Waals surface area contributed by atoms with Crippen molar-refractivity contribution < 1.29 is 9.90 Å². The number of aliphatic carboxylic acids is 1. The van der Waals surface area contributed by atoms with Gasteiger partial charge in [-0.1, -0.05) is 0 Å². The zero-order valence-corrected chi connectivity index (χ0v) is 11.2. The lowest BCUT2D eigenvalue weighted by atomic mass is 9.91. The van der Waals surface area contributed by atoms with Crippen molar-refractivity contribution in [2.45, 2.75) is 57.4 Å². The van der Waals surface area contributed by atoms with Crippen LogP contribution in [-0.2, 0) is 4.79 Å². The number of carboxylic acid groups (broad SMARTS) is 1. The molecule has 1 heterocycles. The van der Waals surface area contributed by atoms with E-state index in [1.807, 2.05) is 0 Å². The van der Waals surface area contributed by atoms with Gasteiger partial charge < -0.3 is 5.11 Å². The molecule has 102 valence electrons. The zero-order valence-electron chi connectivity index (χ0n) is 11.2. The minimum atomic E-state index is -0.631. The molecule has 0 aromatic rings. The average Bonchev–Trinajstić information content (AvgIpc) is 3.21. The number of piperidine rings is 1. The van der Waals surface area contributed by atoms with Crippen LogP contribution in [0.4, 0.5) is 0 Å². The molecule has 18 heavy (non-hydrogen) atoms. The number of hydrogen-bond donors (Lipinski definition) is 1. The third-order valence-electron chi connectivity index (χ3n) is 4.95. The molecule has 0 spiro atoms. The van der Waals surface area contributed by atoms with Crippen LogP contribution in [0.5, 0.6) is 0 Å². The normalized spacial score (nSPS) is 29.7. The molecule has 1 atom stereocenters. The lowest BCUT2D eigenvalue weighted by molar-refractivity contribution is -0.137. The van der Waals surface area contributed by atoms with Gasteiger partial charge in [0.1, 0.15) is 0 Å². The van der Waals surface area contributed by atoms with E-state index >= 15 is 0 Å². The molecule has 1 unspecified atom stereocenters. The predicted octanol–water partition coefficient (Wildman–Crippen LogP) is 2.75. The molecule has 3 fully saturated rings. The second kappa shape index (κ2) is 5.20. The largest absolute Gasteiger partial charge is 0.481 e. The van der Waals surface area contributed by atoms with E-state index in [0.29, 0.717) is 12.3 Å². The van der Waals surface area contributed by atoms with Gasteiger partial charge in [0.2, 0.25) is 0 Å². The van der Waals surface area contributed by atoms with Crippen molar-refractivity contribution in [2.75, 3.05) is 13.1 Å². The van der Waals surface area contributed by atoms with Gasteiger partial charge in [-0.05, 0) is 69.2 Å². The molecule has 0 radical (unpaired) electrons. The van der Waals surface area contributed by atoms with Gasteiger partial charge in [0.25, 0.3) is 0 Å². The van der Waals surface area contributed by atoms with Crippen LogP contribution in [0, 0.1) is 17.8 Å². The summed E-state index contributed by atoms with van der Waals surface area (Å²) in [7, 11) is 0. The van der Waals surface area contributed by atoms with Crippen LogP contribution in [0.3, 0.4) is 0 Å². The first-order valence-corrected chi connectivity index (χ1v) is 7.70. The van der Waals surface area contributed by atoms with Crippen molar-refractivity contribution >= 4 is 5.97 Å². The first-order chi connectivity index (χ1) is 8.74.